The SMILES string of the molecule is C[C@H]1CCCN(c2cc(C(F)(F)F)nc(NC(=S)NC3CCCC3)n2)C1. The van der Waals surface area contributed by atoms with Crippen molar-refractivity contribution in [1.29, 1.82) is 0 Å². The molecular formula is C17H24F3N5S. The van der Waals surface area contributed by atoms with Crippen LogP contribution in [0.5, 0.6) is 0 Å². The van der Waals surface area contributed by atoms with Gasteiger partial charge in [0.05, 0.1) is 0 Å². The zero-order valence-electron chi connectivity index (χ0n) is 14.8. The largest absolute Gasteiger partial charge is 0.433 e. The van der Waals surface area contributed by atoms with E-state index in [1.54, 1.807) is 0 Å². The fraction of sp³-hybridized carbons (Fsp3) is 0.706. The van der Waals surface area contributed by atoms with Gasteiger partial charge < -0.3 is 15.5 Å². The lowest BCUT2D eigenvalue weighted by Gasteiger charge is -2.32. The third-order valence-corrected chi connectivity index (χ3v) is 5.12. The summed E-state index contributed by atoms with van der Waals surface area (Å²) in [5.41, 5.74) is -0.952. The molecule has 1 aromatic rings. The summed E-state index contributed by atoms with van der Waals surface area (Å²) in [6.07, 6.45) is 1.79. The molecule has 2 fully saturated rings. The standard InChI is InChI=1S/C17H24F3N5S/c1-11-5-4-8-25(10-11)14-9-13(17(18,19)20)22-15(23-14)24-16(26)21-12-6-2-3-7-12/h9,11-12H,2-8,10H2,1H3,(H2,21,22,23,24,26)/t11-/m0/s1. The summed E-state index contributed by atoms with van der Waals surface area (Å²) in [6, 6.07) is 1.29. The predicted octanol–water partition coefficient (Wildman–Crippen LogP) is 3.96. The number of alkyl halides is 3. The number of nitrogens with one attached hydrogen (secondary N) is 2. The number of aromatic nitrogens is 2. The van der Waals surface area contributed by atoms with Crippen LogP contribution in [0, 0.1) is 5.92 Å². The smallest absolute Gasteiger partial charge is 0.360 e. The van der Waals surface area contributed by atoms with E-state index in [4.69, 9.17) is 12.2 Å². The van der Waals surface area contributed by atoms with Gasteiger partial charge in [-0.05, 0) is 43.8 Å². The highest BCUT2D eigenvalue weighted by atomic mass is 32.1. The molecule has 1 aromatic heterocycles. The molecule has 0 amide bonds. The van der Waals surface area contributed by atoms with Gasteiger partial charge in [0.25, 0.3) is 0 Å². The topological polar surface area (TPSA) is 53.1 Å². The molecule has 0 unspecified atom stereocenters. The van der Waals surface area contributed by atoms with Gasteiger partial charge in [-0.25, -0.2) is 4.98 Å². The Hall–Kier alpha value is -1.64. The van der Waals surface area contributed by atoms with Gasteiger partial charge in [-0.1, -0.05) is 19.8 Å². The van der Waals surface area contributed by atoms with E-state index < -0.39 is 11.9 Å². The molecule has 2 N–H and O–H groups in total. The number of halogens is 3. The van der Waals surface area contributed by atoms with E-state index >= 15 is 0 Å². The quantitative estimate of drug-likeness (QED) is 0.766. The van der Waals surface area contributed by atoms with Gasteiger partial charge in [0.1, 0.15) is 5.82 Å². The molecule has 2 aliphatic rings. The lowest BCUT2D eigenvalue weighted by molar-refractivity contribution is -0.141. The lowest BCUT2D eigenvalue weighted by atomic mass is 10.0. The number of nitrogens with zero attached hydrogens (tertiary/aromatic N) is 3. The Bertz CT molecular complexity index is 646. The van der Waals surface area contributed by atoms with Crippen LogP contribution in [0.15, 0.2) is 6.07 Å². The molecule has 3 rings (SSSR count). The first kappa shape index (κ1) is 19.1. The average molecular weight is 387 g/mol. The Kier molecular flexibility index (Phi) is 5.84. The van der Waals surface area contributed by atoms with Crippen LogP contribution >= 0.6 is 12.2 Å². The number of piperidine rings is 1. The van der Waals surface area contributed by atoms with Gasteiger partial charge in [-0.2, -0.15) is 18.2 Å². The number of hydrogen-bond donors (Lipinski definition) is 2. The van der Waals surface area contributed by atoms with Gasteiger partial charge in [-0.3, -0.25) is 0 Å². The van der Waals surface area contributed by atoms with Crippen molar-refractivity contribution in [2.45, 2.75) is 57.7 Å². The molecule has 1 aliphatic carbocycles. The highest BCUT2D eigenvalue weighted by Gasteiger charge is 2.34. The van der Waals surface area contributed by atoms with Crippen molar-refractivity contribution in [3.8, 4) is 0 Å². The zero-order valence-corrected chi connectivity index (χ0v) is 15.6. The van der Waals surface area contributed by atoms with Gasteiger partial charge in [0.15, 0.2) is 10.8 Å². The summed E-state index contributed by atoms with van der Waals surface area (Å²) in [6.45, 7) is 3.49. The first-order valence-corrected chi connectivity index (χ1v) is 9.51. The number of anilines is 2. The first-order chi connectivity index (χ1) is 12.3. The molecule has 9 heteroatoms. The zero-order chi connectivity index (χ0) is 18.7. The number of rotatable bonds is 3. The van der Waals surface area contributed by atoms with Crippen LogP contribution in [0.2, 0.25) is 0 Å². The Morgan fingerprint density at radius 2 is 1.92 bits per heavy atom. The highest BCUT2D eigenvalue weighted by Crippen LogP contribution is 2.31. The van der Waals surface area contributed by atoms with E-state index in [1.807, 2.05) is 4.90 Å². The summed E-state index contributed by atoms with van der Waals surface area (Å²) in [7, 11) is 0. The Morgan fingerprint density at radius 3 is 2.58 bits per heavy atom. The maximum atomic E-state index is 13.3. The Morgan fingerprint density at radius 1 is 1.19 bits per heavy atom. The second-order valence-electron chi connectivity index (χ2n) is 7.21. The molecule has 5 nitrogen and oxygen atoms in total. The number of hydrogen-bond acceptors (Lipinski definition) is 4. The van der Waals surface area contributed by atoms with Crippen molar-refractivity contribution in [3.05, 3.63) is 11.8 Å². The van der Waals surface area contributed by atoms with Gasteiger partial charge in [-0.15, -0.1) is 0 Å². The van der Waals surface area contributed by atoms with Crippen LogP contribution in [0.4, 0.5) is 24.9 Å². The minimum atomic E-state index is -4.53. The van der Waals surface area contributed by atoms with Crippen LogP contribution in [0.1, 0.15) is 51.1 Å². The molecule has 1 saturated heterocycles. The molecule has 0 spiro atoms. The Labute approximate surface area is 156 Å². The maximum absolute atomic E-state index is 13.3. The van der Waals surface area contributed by atoms with E-state index in [1.165, 1.54) is 0 Å². The summed E-state index contributed by atoms with van der Waals surface area (Å²) in [5, 5.41) is 6.15. The van der Waals surface area contributed by atoms with Crippen LogP contribution in [-0.4, -0.2) is 34.2 Å². The van der Waals surface area contributed by atoms with Crippen molar-refractivity contribution >= 4 is 29.1 Å². The fourth-order valence-electron chi connectivity index (χ4n) is 3.59. The van der Waals surface area contributed by atoms with Crippen LogP contribution in [0.3, 0.4) is 0 Å². The molecule has 26 heavy (non-hydrogen) atoms. The molecular weight excluding hydrogens is 363 g/mol. The van der Waals surface area contributed by atoms with Crippen LogP contribution in [-0.2, 0) is 6.18 Å². The first-order valence-electron chi connectivity index (χ1n) is 9.10. The minimum Gasteiger partial charge on any atom is -0.360 e. The molecule has 1 atom stereocenters. The predicted molar refractivity (Wildman–Crippen MR) is 99.3 cm³/mol. The van der Waals surface area contributed by atoms with Crippen molar-refractivity contribution in [3.63, 3.8) is 0 Å². The maximum Gasteiger partial charge on any atom is 0.433 e. The molecule has 0 bridgehead atoms. The second kappa shape index (κ2) is 7.94. The van der Waals surface area contributed by atoms with Crippen molar-refractivity contribution < 1.29 is 13.2 Å². The van der Waals surface area contributed by atoms with E-state index in [0.717, 1.165) is 44.6 Å². The monoisotopic (exact) mass is 387 g/mol. The Balaban J connectivity index is 1.79. The molecule has 0 radical (unpaired) electrons. The fourth-order valence-corrected chi connectivity index (χ4v) is 3.85. The normalized spacial score (nSPS) is 21.7. The number of thiocarbonyl (C=S) groups is 1. The van der Waals surface area contributed by atoms with E-state index in [2.05, 4.69) is 27.5 Å². The summed E-state index contributed by atoms with van der Waals surface area (Å²) < 4.78 is 39.8. The van der Waals surface area contributed by atoms with Crippen molar-refractivity contribution in [2.24, 2.45) is 5.92 Å². The van der Waals surface area contributed by atoms with Crippen LogP contribution in [0.25, 0.3) is 0 Å². The van der Waals surface area contributed by atoms with E-state index in [9.17, 15) is 13.2 Å². The average Bonchev–Trinajstić information content (AvgIpc) is 3.06. The second-order valence-corrected chi connectivity index (χ2v) is 7.61. The summed E-state index contributed by atoms with van der Waals surface area (Å²) >= 11 is 5.23. The highest BCUT2D eigenvalue weighted by molar-refractivity contribution is 7.80. The van der Waals surface area contributed by atoms with Gasteiger partial charge in [0.2, 0.25) is 5.95 Å². The molecule has 1 saturated carbocycles. The molecule has 144 valence electrons. The molecule has 0 aromatic carbocycles. The molecule has 1 aliphatic heterocycles. The summed E-state index contributed by atoms with van der Waals surface area (Å²) in [5.74, 6) is 0.614. The van der Waals surface area contributed by atoms with E-state index in [0.29, 0.717) is 24.8 Å². The van der Waals surface area contributed by atoms with Crippen LogP contribution < -0.4 is 15.5 Å². The third kappa shape index (κ3) is 4.96. The van der Waals surface area contributed by atoms with Crippen molar-refractivity contribution in [1.82, 2.24) is 15.3 Å². The summed E-state index contributed by atoms with van der Waals surface area (Å²) in [4.78, 5) is 9.82. The van der Waals surface area contributed by atoms with Crippen molar-refractivity contribution in [2.75, 3.05) is 23.3 Å². The molecule has 2 heterocycles. The van der Waals surface area contributed by atoms with Gasteiger partial charge in [0, 0.05) is 25.2 Å². The van der Waals surface area contributed by atoms with Gasteiger partial charge >= 0.3 is 6.18 Å². The van der Waals surface area contributed by atoms with E-state index in [-0.39, 0.29) is 17.1 Å². The lowest BCUT2D eigenvalue weighted by Crippen LogP contribution is -2.37. The minimum absolute atomic E-state index is 0.108. The third-order valence-electron chi connectivity index (χ3n) is 4.90.